The summed E-state index contributed by atoms with van der Waals surface area (Å²) in [6.45, 7) is 7.02. The molecule has 108 valence electrons. The van der Waals surface area contributed by atoms with Crippen LogP contribution in [0.15, 0.2) is 0 Å². The highest BCUT2D eigenvalue weighted by Gasteiger charge is 2.13. The van der Waals surface area contributed by atoms with Crippen LogP contribution >= 0.6 is 0 Å². The van der Waals surface area contributed by atoms with Crippen LogP contribution < -0.4 is 0 Å². The Labute approximate surface area is 109 Å². The maximum absolute atomic E-state index is 10.6. The average molecular weight is 261 g/mol. The molecule has 0 radical (unpaired) electrons. The Bertz CT molecular complexity index is 221. The number of aliphatic hydroxyl groups is 2. The van der Waals surface area contributed by atoms with Crippen molar-refractivity contribution in [3.05, 3.63) is 0 Å². The lowest BCUT2D eigenvalue weighted by Crippen LogP contribution is -2.37. The van der Waals surface area contributed by atoms with Gasteiger partial charge in [0.2, 0.25) is 0 Å². The lowest BCUT2D eigenvalue weighted by Gasteiger charge is -2.25. The molecule has 0 rings (SSSR count). The van der Waals surface area contributed by atoms with Crippen LogP contribution in [0.4, 0.5) is 0 Å². The summed E-state index contributed by atoms with van der Waals surface area (Å²) in [4.78, 5) is 12.7. The molecule has 0 heterocycles. The quantitative estimate of drug-likeness (QED) is 0.510. The predicted octanol–water partition coefficient (Wildman–Crippen LogP) is 0.941. The fourth-order valence-corrected chi connectivity index (χ4v) is 1.91. The molecule has 5 nitrogen and oxygen atoms in total. The summed E-state index contributed by atoms with van der Waals surface area (Å²) >= 11 is 0. The van der Waals surface area contributed by atoms with Crippen LogP contribution in [0, 0.1) is 5.92 Å². The number of nitrogens with zero attached hydrogens (tertiary/aromatic N) is 1. The van der Waals surface area contributed by atoms with Gasteiger partial charge in [-0.3, -0.25) is 9.69 Å². The molecule has 0 spiro atoms. The first-order chi connectivity index (χ1) is 8.32. The van der Waals surface area contributed by atoms with E-state index in [1.807, 2.05) is 4.90 Å². The monoisotopic (exact) mass is 261 g/mol. The van der Waals surface area contributed by atoms with E-state index >= 15 is 0 Å². The summed E-state index contributed by atoms with van der Waals surface area (Å²) in [5, 5.41) is 27.5. The molecule has 0 aromatic heterocycles. The molecule has 0 aliphatic heterocycles. The third-order valence-corrected chi connectivity index (χ3v) is 2.83. The van der Waals surface area contributed by atoms with Gasteiger partial charge in [-0.25, -0.2) is 0 Å². The first-order valence-electron chi connectivity index (χ1n) is 6.64. The average Bonchev–Trinajstić information content (AvgIpc) is 2.21. The minimum Gasteiger partial charge on any atom is -0.481 e. The fourth-order valence-electron chi connectivity index (χ4n) is 1.91. The normalized spacial score (nSPS) is 16.6. The Balaban J connectivity index is 3.85. The van der Waals surface area contributed by atoms with E-state index in [-0.39, 0.29) is 5.92 Å². The van der Waals surface area contributed by atoms with E-state index in [1.165, 1.54) is 0 Å². The van der Waals surface area contributed by atoms with Gasteiger partial charge in [-0.15, -0.1) is 0 Å². The highest BCUT2D eigenvalue weighted by Crippen LogP contribution is 2.09. The molecule has 5 heteroatoms. The van der Waals surface area contributed by atoms with E-state index in [0.29, 0.717) is 19.5 Å². The maximum atomic E-state index is 10.6. The van der Waals surface area contributed by atoms with Gasteiger partial charge in [-0.05, 0) is 33.2 Å². The van der Waals surface area contributed by atoms with Crippen LogP contribution in [0.1, 0.15) is 40.0 Å². The largest absolute Gasteiger partial charge is 0.481 e. The van der Waals surface area contributed by atoms with Crippen molar-refractivity contribution in [2.45, 2.75) is 52.2 Å². The zero-order chi connectivity index (χ0) is 14.1. The lowest BCUT2D eigenvalue weighted by atomic mass is 10.0. The Hall–Kier alpha value is -0.650. The first-order valence-corrected chi connectivity index (χ1v) is 6.64. The van der Waals surface area contributed by atoms with E-state index in [4.69, 9.17) is 5.11 Å². The van der Waals surface area contributed by atoms with Crippen LogP contribution in [-0.2, 0) is 4.79 Å². The highest BCUT2D eigenvalue weighted by molar-refractivity contribution is 5.69. The second-order valence-electron chi connectivity index (χ2n) is 5.19. The molecular weight excluding hydrogens is 234 g/mol. The maximum Gasteiger partial charge on any atom is 0.306 e. The number of aliphatic carboxylic acids is 1. The molecule has 0 bridgehead atoms. The van der Waals surface area contributed by atoms with E-state index in [1.54, 1.807) is 20.8 Å². The molecule has 0 aromatic rings. The van der Waals surface area contributed by atoms with Crippen molar-refractivity contribution in [2.24, 2.45) is 5.92 Å². The van der Waals surface area contributed by atoms with Gasteiger partial charge in [-0.2, -0.15) is 0 Å². The van der Waals surface area contributed by atoms with Gasteiger partial charge in [0.05, 0.1) is 18.1 Å². The van der Waals surface area contributed by atoms with Crippen molar-refractivity contribution in [3.8, 4) is 0 Å². The lowest BCUT2D eigenvalue weighted by molar-refractivity contribution is -0.141. The third kappa shape index (κ3) is 9.39. The van der Waals surface area contributed by atoms with Crippen LogP contribution in [-0.4, -0.2) is 58.0 Å². The van der Waals surface area contributed by atoms with Crippen LogP contribution in [0.2, 0.25) is 0 Å². The summed E-state index contributed by atoms with van der Waals surface area (Å²) < 4.78 is 0. The first kappa shape index (κ1) is 17.4. The van der Waals surface area contributed by atoms with Gasteiger partial charge >= 0.3 is 5.97 Å². The predicted molar refractivity (Wildman–Crippen MR) is 70.5 cm³/mol. The van der Waals surface area contributed by atoms with Crippen molar-refractivity contribution >= 4 is 5.97 Å². The van der Waals surface area contributed by atoms with Gasteiger partial charge in [0.25, 0.3) is 0 Å². The summed E-state index contributed by atoms with van der Waals surface area (Å²) in [5.74, 6) is -1.05. The van der Waals surface area contributed by atoms with Crippen LogP contribution in [0.3, 0.4) is 0 Å². The molecule has 18 heavy (non-hydrogen) atoms. The van der Waals surface area contributed by atoms with E-state index in [2.05, 4.69) is 0 Å². The van der Waals surface area contributed by atoms with Crippen molar-refractivity contribution < 1.29 is 20.1 Å². The number of carboxylic acids is 1. The third-order valence-electron chi connectivity index (χ3n) is 2.83. The molecule has 0 saturated heterocycles. The van der Waals surface area contributed by atoms with Crippen molar-refractivity contribution in [3.63, 3.8) is 0 Å². The molecule has 0 aliphatic rings. The summed E-state index contributed by atoms with van der Waals surface area (Å²) in [6.07, 6.45) is 1.58. The summed E-state index contributed by atoms with van der Waals surface area (Å²) in [5.41, 5.74) is 0. The Kier molecular flexibility index (Phi) is 8.97. The SMILES string of the molecule is CC(CCCCN(C[C@@H](C)O)C[C@@H](C)O)C(=O)O. The number of aliphatic hydroxyl groups excluding tert-OH is 2. The fraction of sp³-hybridized carbons (Fsp3) is 0.923. The number of rotatable bonds is 10. The molecule has 0 aliphatic carbocycles. The minimum absolute atomic E-state index is 0.299. The van der Waals surface area contributed by atoms with Crippen LogP contribution in [0.5, 0.6) is 0 Å². The standard InChI is InChI=1S/C13H27NO4/c1-10(13(17)18)6-4-5-7-14(8-11(2)15)9-12(3)16/h10-12,15-16H,4-9H2,1-3H3,(H,17,18)/t10?,11-,12-/m1/s1. The Morgan fingerprint density at radius 3 is 1.94 bits per heavy atom. The van der Waals surface area contributed by atoms with Gasteiger partial charge in [-0.1, -0.05) is 13.3 Å². The van der Waals surface area contributed by atoms with Crippen molar-refractivity contribution in [1.29, 1.82) is 0 Å². The summed E-state index contributed by atoms with van der Waals surface area (Å²) in [6, 6.07) is 0. The van der Waals surface area contributed by atoms with Gasteiger partial charge in [0.15, 0.2) is 0 Å². The Morgan fingerprint density at radius 1 is 1.06 bits per heavy atom. The van der Waals surface area contributed by atoms with Gasteiger partial charge in [0.1, 0.15) is 0 Å². The van der Waals surface area contributed by atoms with Crippen LogP contribution in [0.25, 0.3) is 0 Å². The number of unbranched alkanes of at least 4 members (excludes halogenated alkanes) is 1. The molecule has 0 saturated carbocycles. The molecule has 1 unspecified atom stereocenters. The number of hydrogen-bond acceptors (Lipinski definition) is 4. The highest BCUT2D eigenvalue weighted by atomic mass is 16.4. The van der Waals surface area contributed by atoms with E-state index < -0.39 is 18.2 Å². The van der Waals surface area contributed by atoms with Gasteiger partial charge in [0, 0.05) is 13.1 Å². The zero-order valence-electron chi connectivity index (χ0n) is 11.7. The number of carbonyl (C=O) groups is 1. The van der Waals surface area contributed by atoms with Gasteiger partial charge < -0.3 is 15.3 Å². The molecular formula is C13H27NO4. The second kappa shape index (κ2) is 9.30. The van der Waals surface area contributed by atoms with Crippen molar-refractivity contribution in [1.82, 2.24) is 4.90 Å². The smallest absolute Gasteiger partial charge is 0.306 e. The Morgan fingerprint density at radius 2 is 1.56 bits per heavy atom. The summed E-state index contributed by atoms with van der Waals surface area (Å²) in [7, 11) is 0. The number of hydrogen-bond donors (Lipinski definition) is 3. The molecule has 3 atom stereocenters. The van der Waals surface area contributed by atoms with E-state index in [0.717, 1.165) is 19.4 Å². The molecule has 0 amide bonds. The topological polar surface area (TPSA) is 81.0 Å². The molecule has 0 aromatic carbocycles. The molecule has 0 fully saturated rings. The second-order valence-corrected chi connectivity index (χ2v) is 5.19. The number of carboxylic acid groups (broad SMARTS) is 1. The van der Waals surface area contributed by atoms with E-state index in [9.17, 15) is 15.0 Å². The zero-order valence-corrected chi connectivity index (χ0v) is 11.7. The molecule has 3 N–H and O–H groups in total. The minimum atomic E-state index is -0.750. The van der Waals surface area contributed by atoms with Crippen molar-refractivity contribution in [2.75, 3.05) is 19.6 Å².